The van der Waals surface area contributed by atoms with Gasteiger partial charge in [0.05, 0.1) is 12.2 Å². The Bertz CT molecular complexity index is 529. The Morgan fingerprint density at radius 2 is 1.64 bits per heavy atom. The maximum atomic E-state index is 12.9. The van der Waals surface area contributed by atoms with Crippen LogP contribution in [0.4, 0.5) is 0 Å². The minimum absolute atomic E-state index is 0.207. The number of hydrogen-bond donors (Lipinski definition) is 0. The summed E-state index contributed by atoms with van der Waals surface area (Å²) in [5, 5.41) is 0. The summed E-state index contributed by atoms with van der Waals surface area (Å²) in [5.74, 6) is -0.622. The molecular weight excluding hydrogens is 280 g/mol. The first-order valence-corrected chi connectivity index (χ1v) is 8.05. The van der Waals surface area contributed by atoms with Gasteiger partial charge in [-0.3, -0.25) is 9.59 Å². The summed E-state index contributed by atoms with van der Waals surface area (Å²) < 4.78 is 11.0. The molecule has 122 valence electrons. The first-order chi connectivity index (χ1) is 10.3. The molecule has 0 aromatic carbocycles. The van der Waals surface area contributed by atoms with Crippen molar-refractivity contribution in [2.75, 3.05) is 0 Å². The zero-order chi connectivity index (χ0) is 16.5. The van der Waals surface area contributed by atoms with Crippen LogP contribution < -0.4 is 0 Å². The second kappa shape index (κ2) is 5.90. The van der Waals surface area contributed by atoms with E-state index in [0.29, 0.717) is 12.8 Å². The molecule has 1 fully saturated rings. The van der Waals surface area contributed by atoms with Crippen molar-refractivity contribution in [1.82, 2.24) is 0 Å². The zero-order valence-electron chi connectivity index (χ0n) is 14.1. The zero-order valence-corrected chi connectivity index (χ0v) is 14.1. The van der Waals surface area contributed by atoms with E-state index in [1.807, 2.05) is 52.8 Å². The third-order valence-electron chi connectivity index (χ3n) is 4.68. The summed E-state index contributed by atoms with van der Waals surface area (Å²) in [6.45, 7) is 9.22. The molecule has 0 spiro atoms. The number of esters is 2. The van der Waals surface area contributed by atoms with Crippen LogP contribution in [0.3, 0.4) is 0 Å². The van der Waals surface area contributed by atoms with Crippen LogP contribution in [-0.4, -0.2) is 24.1 Å². The molecule has 0 amide bonds. The predicted octanol–water partition coefficient (Wildman–Crippen LogP) is 3.56. The first kappa shape index (κ1) is 16.8. The molecule has 2 aliphatic carbocycles. The molecule has 4 heteroatoms. The highest BCUT2D eigenvalue weighted by atomic mass is 16.6. The summed E-state index contributed by atoms with van der Waals surface area (Å²) in [6, 6.07) is 0. The van der Waals surface area contributed by atoms with E-state index in [1.165, 1.54) is 0 Å². The van der Waals surface area contributed by atoms with Crippen LogP contribution >= 0.6 is 0 Å². The van der Waals surface area contributed by atoms with Gasteiger partial charge in [-0.1, -0.05) is 30.2 Å². The fourth-order valence-corrected chi connectivity index (χ4v) is 3.77. The topological polar surface area (TPSA) is 52.6 Å². The molecule has 1 saturated carbocycles. The van der Waals surface area contributed by atoms with Crippen molar-refractivity contribution in [1.29, 1.82) is 0 Å². The van der Waals surface area contributed by atoms with Gasteiger partial charge in [-0.05, 0) is 47.5 Å². The molecule has 2 rings (SSSR count). The summed E-state index contributed by atoms with van der Waals surface area (Å²) in [7, 11) is 0. The number of carbonyl (C=O) groups excluding carboxylic acids is 2. The number of ether oxygens (including phenoxy) is 2. The fourth-order valence-electron chi connectivity index (χ4n) is 3.77. The van der Waals surface area contributed by atoms with Crippen molar-refractivity contribution < 1.29 is 19.1 Å². The van der Waals surface area contributed by atoms with Crippen molar-refractivity contribution >= 4 is 11.9 Å². The van der Waals surface area contributed by atoms with Gasteiger partial charge >= 0.3 is 11.9 Å². The minimum Gasteiger partial charge on any atom is -0.462 e. The van der Waals surface area contributed by atoms with Crippen molar-refractivity contribution in [3.8, 4) is 0 Å². The van der Waals surface area contributed by atoms with Gasteiger partial charge in [0.25, 0.3) is 0 Å². The Kier molecular flexibility index (Phi) is 4.50. The average Bonchev–Trinajstić information content (AvgIpc) is 2.80. The Balaban J connectivity index is 2.50. The van der Waals surface area contributed by atoms with E-state index in [2.05, 4.69) is 0 Å². The Morgan fingerprint density at radius 1 is 1.05 bits per heavy atom. The third kappa shape index (κ3) is 2.38. The van der Waals surface area contributed by atoms with Crippen molar-refractivity contribution in [2.24, 2.45) is 10.8 Å². The monoisotopic (exact) mass is 306 g/mol. The second-order valence-electron chi connectivity index (χ2n) is 6.85. The van der Waals surface area contributed by atoms with Crippen LogP contribution in [-0.2, 0) is 19.1 Å². The number of carbonyl (C=O) groups is 2. The molecule has 2 aliphatic rings. The van der Waals surface area contributed by atoms with E-state index < -0.39 is 10.8 Å². The van der Waals surface area contributed by atoms with E-state index in [1.54, 1.807) is 0 Å². The van der Waals surface area contributed by atoms with E-state index in [0.717, 1.165) is 12.0 Å². The van der Waals surface area contributed by atoms with Crippen molar-refractivity contribution in [3.05, 3.63) is 23.8 Å². The second-order valence-corrected chi connectivity index (χ2v) is 6.85. The van der Waals surface area contributed by atoms with Gasteiger partial charge in [0.15, 0.2) is 0 Å². The minimum atomic E-state index is -0.928. The summed E-state index contributed by atoms with van der Waals surface area (Å²) in [6.07, 6.45) is 7.25. The van der Waals surface area contributed by atoms with Crippen molar-refractivity contribution in [3.63, 3.8) is 0 Å². The highest BCUT2D eigenvalue weighted by Crippen LogP contribution is 2.61. The summed E-state index contributed by atoms with van der Waals surface area (Å²) >= 11 is 0. The van der Waals surface area contributed by atoms with Crippen LogP contribution in [0.1, 0.15) is 53.9 Å². The Labute approximate surface area is 132 Å². The maximum Gasteiger partial charge on any atom is 0.317 e. The molecule has 0 bridgehead atoms. The number of fused-ring (bicyclic) bond motifs is 1. The highest BCUT2D eigenvalue weighted by molar-refractivity contribution is 5.94. The van der Waals surface area contributed by atoms with E-state index in [-0.39, 0.29) is 24.1 Å². The van der Waals surface area contributed by atoms with Gasteiger partial charge in [-0.15, -0.1) is 0 Å². The smallest absolute Gasteiger partial charge is 0.317 e. The van der Waals surface area contributed by atoms with Gasteiger partial charge in [0.2, 0.25) is 0 Å². The molecule has 0 aromatic heterocycles. The van der Waals surface area contributed by atoms with Crippen LogP contribution in [0, 0.1) is 10.8 Å². The molecule has 0 radical (unpaired) electrons. The van der Waals surface area contributed by atoms with Gasteiger partial charge in [-0.25, -0.2) is 0 Å². The number of allylic oxidation sites excluding steroid dienone is 2. The molecule has 2 atom stereocenters. The fraction of sp³-hybridized carbons (Fsp3) is 0.667. The Morgan fingerprint density at radius 3 is 2.23 bits per heavy atom. The SMILES string of the molecule is CC1=CC=C[C@@]2(C(=O)OC(C)C)CCC[C@@]12C(=O)OC(C)C. The molecule has 0 unspecified atom stereocenters. The lowest BCUT2D eigenvalue weighted by atomic mass is 9.59. The largest absolute Gasteiger partial charge is 0.462 e. The van der Waals surface area contributed by atoms with Gasteiger partial charge in [-0.2, -0.15) is 0 Å². The van der Waals surface area contributed by atoms with Crippen LogP contribution in [0.2, 0.25) is 0 Å². The highest BCUT2D eigenvalue weighted by Gasteiger charge is 2.65. The van der Waals surface area contributed by atoms with Gasteiger partial charge in [0.1, 0.15) is 10.8 Å². The lowest BCUT2D eigenvalue weighted by Crippen LogP contribution is -2.51. The summed E-state index contributed by atoms with van der Waals surface area (Å²) in [4.78, 5) is 25.8. The van der Waals surface area contributed by atoms with Crippen LogP contribution in [0.15, 0.2) is 23.8 Å². The molecule has 22 heavy (non-hydrogen) atoms. The van der Waals surface area contributed by atoms with Gasteiger partial charge in [0, 0.05) is 0 Å². The van der Waals surface area contributed by atoms with Crippen LogP contribution in [0.5, 0.6) is 0 Å². The normalized spacial score (nSPS) is 30.2. The average molecular weight is 306 g/mol. The van der Waals surface area contributed by atoms with E-state index in [9.17, 15) is 9.59 Å². The maximum absolute atomic E-state index is 12.9. The first-order valence-electron chi connectivity index (χ1n) is 8.05. The number of hydrogen-bond acceptors (Lipinski definition) is 4. The summed E-state index contributed by atoms with van der Waals surface area (Å²) in [5.41, 5.74) is -0.959. The molecule has 0 aromatic rings. The lowest BCUT2D eigenvalue weighted by molar-refractivity contribution is -0.175. The van der Waals surface area contributed by atoms with Gasteiger partial charge < -0.3 is 9.47 Å². The number of rotatable bonds is 4. The third-order valence-corrected chi connectivity index (χ3v) is 4.68. The lowest BCUT2D eigenvalue weighted by Gasteiger charge is -2.43. The van der Waals surface area contributed by atoms with Crippen LogP contribution in [0.25, 0.3) is 0 Å². The predicted molar refractivity (Wildman–Crippen MR) is 84.1 cm³/mol. The Hall–Kier alpha value is -1.58. The van der Waals surface area contributed by atoms with Crippen molar-refractivity contribution in [2.45, 2.75) is 66.1 Å². The molecule has 4 nitrogen and oxygen atoms in total. The standard InChI is InChI=1S/C18H26O4/c1-12(2)21-15(19)17-9-6-8-14(5)18(17,11-7-10-17)16(20)22-13(3)4/h6,8-9,12-13H,7,10-11H2,1-5H3/t17-,18-/m0/s1. The molecule has 0 aliphatic heterocycles. The van der Waals surface area contributed by atoms with E-state index >= 15 is 0 Å². The quantitative estimate of drug-likeness (QED) is 0.745. The van der Waals surface area contributed by atoms with E-state index in [4.69, 9.17) is 9.47 Å². The molecular formula is C18H26O4. The molecule has 0 heterocycles. The molecule has 0 saturated heterocycles. The molecule has 0 N–H and O–H groups in total.